The number of benzene rings is 1. The Bertz CT molecular complexity index is 574. The Kier molecular flexibility index (Phi) is 5.18. The van der Waals surface area contributed by atoms with Gasteiger partial charge in [0.2, 0.25) is 5.91 Å². The third kappa shape index (κ3) is 3.61. The summed E-state index contributed by atoms with van der Waals surface area (Å²) in [6.45, 7) is 4.07. The molecule has 0 bridgehead atoms. The molecule has 0 aliphatic rings. The fourth-order valence-electron chi connectivity index (χ4n) is 2.36. The van der Waals surface area contributed by atoms with Gasteiger partial charge in [-0.25, -0.2) is 0 Å². The highest BCUT2D eigenvalue weighted by atomic mass is 16.1. The Hall–Kier alpha value is -1.81. The lowest BCUT2D eigenvalue weighted by Gasteiger charge is -2.07. The van der Waals surface area contributed by atoms with Crippen molar-refractivity contribution in [1.82, 2.24) is 9.88 Å². The first kappa shape index (κ1) is 14.6. The molecule has 1 heterocycles. The summed E-state index contributed by atoms with van der Waals surface area (Å²) < 4.78 is 2.24. The van der Waals surface area contributed by atoms with Gasteiger partial charge in [0.1, 0.15) is 0 Å². The first-order valence-electron chi connectivity index (χ1n) is 7.28. The smallest absolute Gasteiger partial charge is 0.224 e. The molecule has 1 aromatic heterocycles. The van der Waals surface area contributed by atoms with Crippen LogP contribution in [0.1, 0.15) is 26.2 Å². The van der Waals surface area contributed by atoms with Crippen molar-refractivity contribution in [2.24, 2.45) is 0 Å². The second kappa shape index (κ2) is 7.10. The van der Waals surface area contributed by atoms with Crippen LogP contribution in [0.4, 0.5) is 5.69 Å². The predicted octanol–water partition coefficient (Wildman–Crippen LogP) is 2.99. The lowest BCUT2D eigenvalue weighted by atomic mass is 10.2. The van der Waals surface area contributed by atoms with Crippen LogP contribution in [0.15, 0.2) is 30.5 Å². The number of carbonyl (C=O) groups excluding carboxylic acids is 1. The molecule has 108 valence electrons. The van der Waals surface area contributed by atoms with Crippen LogP contribution >= 0.6 is 0 Å². The number of rotatable bonds is 7. The topological polar surface area (TPSA) is 46.1 Å². The van der Waals surface area contributed by atoms with Crippen molar-refractivity contribution in [1.29, 1.82) is 0 Å². The summed E-state index contributed by atoms with van der Waals surface area (Å²) in [4.78, 5) is 11.8. The molecule has 4 heteroatoms. The Labute approximate surface area is 120 Å². The first-order chi connectivity index (χ1) is 9.74. The number of nitrogens with zero attached hydrogens (tertiary/aromatic N) is 1. The van der Waals surface area contributed by atoms with Gasteiger partial charge in [0.05, 0.1) is 0 Å². The van der Waals surface area contributed by atoms with Crippen LogP contribution < -0.4 is 10.6 Å². The zero-order valence-electron chi connectivity index (χ0n) is 12.3. The van der Waals surface area contributed by atoms with Gasteiger partial charge in [-0.05, 0) is 50.7 Å². The van der Waals surface area contributed by atoms with Crippen molar-refractivity contribution in [3.63, 3.8) is 0 Å². The number of aryl methyl sites for hydroxylation is 1. The number of hydrogen-bond donors (Lipinski definition) is 2. The van der Waals surface area contributed by atoms with Crippen molar-refractivity contribution >= 4 is 22.5 Å². The highest BCUT2D eigenvalue weighted by Crippen LogP contribution is 2.21. The molecular weight excluding hydrogens is 250 g/mol. The first-order valence-corrected chi connectivity index (χ1v) is 7.28. The van der Waals surface area contributed by atoms with E-state index in [2.05, 4.69) is 40.5 Å². The summed E-state index contributed by atoms with van der Waals surface area (Å²) in [6.07, 6.45) is 4.63. The molecule has 20 heavy (non-hydrogen) atoms. The second-order valence-corrected chi connectivity index (χ2v) is 5.04. The molecule has 2 rings (SSSR count). The molecule has 1 aromatic carbocycles. The third-order valence-corrected chi connectivity index (χ3v) is 3.35. The molecule has 0 saturated heterocycles. The Morgan fingerprint density at radius 3 is 2.90 bits per heavy atom. The second-order valence-electron chi connectivity index (χ2n) is 5.04. The van der Waals surface area contributed by atoms with E-state index in [1.54, 1.807) is 0 Å². The number of amides is 1. The van der Waals surface area contributed by atoms with Crippen LogP contribution in [0.3, 0.4) is 0 Å². The molecule has 4 nitrogen and oxygen atoms in total. The standard InChI is InChI=1S/C16H23N3O/c1-3-10-19-11-8-13-12-14(6-7-15(13)19)18-16(20)5-4-9-17-2/h6-8,11-12,17H,3-5,9-10H2,1-2H3,(H,18,20). The number of anilines is 1. The van der Waals surface area contributed by atoms with Gasteiger partial charge in [0, 0.05) is 35.8 Å². The predicted molar refractivity (Wildman–Crippen MR) is 84.0 cm³/mol. The summed E-state index contributed by atoms with van der Waals surface area (Å²) in [6, 6.07) is 8.19. The van der Waals surface area contributed by atoms with Crippen molar-refractivity contribution < 1.29 is 4.79 Å². The van der Waals surface area contributed by atoms with E-state index >= 15 is 0 Å². The average molecular weight is 273 g/mol. The minimum absolute atomic E-state index is 0.0765. The largest absolute Gasteiger partial charge is 0.347 e. The molecule has 0 aliphatic heterocycles. The van der Waals surface area contributed by atoms with E-state index in [1.165, 1.54) is 10.9 Å². The summed E-state index contributed by atoms with van der Waals surface area (Å²) in [7, 11) is 1.90. The van der Waals surface area contributed by atoms with Gasteiger partial charge in [0.15, 0.2) is 0 Å². The Balaban J connectivity index is 2.03. The SMILES string of the molecule is CCCn1ccc2cc(NC(=O)CCCNC)ccc21. The molecular formula is C16H23N3O. The summed E-state index contributed by atoms with van der Waals surface area (Å²) in [5.41, 5.74) is 2.10. The lowest BCUT2D eigenvalue weighted by Crippen LogP contribution is -2.15. The van der Waals surface area contributed by atoms with Gasteiger partial charge in [-0.1, -0.05) is 6.92 Å². The molecule has 1 amide bonds. The van der Waals surface area contributed by atoms with E-state index in [0.29, 0.717) is 6.42 Å². The van der Waals surface area contributed by atoms with Gasteiger partial charge in [0.25, 0.3) is 0 Å². The zero-order chi connectivity index (χ0) is 14.4. The number of nitrogens with one attached hydrogen (secondary N) is 2. The third-order valence-electron chi connectivity index (χ3n) is 3.35. The van der Waals surface area contributed by atoms with Crippen molar-refractivity contribution in [2.45, 2.75) is 32.7 Å². The monoisotopic (exact) mass is 273 g/mol. The maximum absolute atomic E-state index is 11.8. The van der Waals surface area contributed by atoms with E-state index in [4.69, 9.17) is 0 Å². The summed E-state index contributed by atoms with van der Waals surface area (Å²) >= 11 is 0. The molecule has 0 spiro atoms. The number of hydrogen-bond acceptors (Lipinski definition) is 2. The van der Waals surface area contributed by atoms with E-state index in [9.17, 15) is 4.79 Å². The molecule has 0 radical (unpaired) electrons. The normalized spacial score (nSPS) is 10.9. The molecule has 0 unspecified atom stereocenters. The van der Waals surface area contributed by atoms with Gasteiger partial charge in [-0.15, -0.1) is 0 Å². The number of carbonyl (C=O) groups is 1. The van der Waals surface area contributed by atoms with Crippen LogP contribution in [0.5, 0.6) is 0 Å². The molecule has 0 atom stereocenters. The van der Waals surface area contributed by atoms with Gasteiger partial charge < -0.3 is 15.2 Å². The number of fused-ring (bicyclic) bond motifs is 1. The van der Waals surface area contributed by atoms with Crippen molar-refractivity contribution in [2.75, 3.05) is 18.9 Å². The van der Waals surface area contributed by atoms with Gasteiger partial charge >= 0.3 is 0 Å². The van der Waals surface area contributed by atoms with Crippen LogP contribution in [0.25, 0.3) is 10.9 Å². The van der Waals surface area contributed by atoms with E-state index in [0.717, 1.165) is 31.6 Å². The molecule has 0 saturated carbocycles. The van der Waals surface area contributed by atoms with Crippen LogP contribution in [-0.4, -0.2) is 24.1 Å². The van der Waals surface area contributed by atoms with E-state index in [-0.39, 0.29) is 5.91 Å². The molecule has 2 aromatic rings. The summed E-state index contributed by atoms with van der Waals surface area (Å²) in [5.74, 6) is 0.0765. The minimum Gasteiger partial charge on any atom is -0.347 e. The van der Waals surface area contributed by atoms with Gasteiger partial charge in [-0.2, -0.15) is 0 Å². The maximum Gasteiger partial charge on any atom is 0.224 e. The van der Waals surface area contributed by atoms with Crippen LogP contribution in [-0.2, 0) is 11.3 Å². The van der Waals surface area contributed by atoms with E-state index < -0.39 is 0 Å². The quantitative estimate of drug-likeness (QED) is 0.762. The molecule has 2 N–H and O–H groups in total. The Morgan fingerprint density at radius 1 is 1.30 bits per heavy atom. The maximum atomic E-state index is 11.8. The minimum atomic E-state index is 0.0765. The molecule has 0 aliphatic carbocycles. The van der Waals surface area contributed by atoms with Crippen LogP contribution in [0.2, 0.25) is 0 Å². The van der Waals surface area contributed by atoms with Gasteiger partial charge in [-0.3, -0.25) is 4.79 Å². The lowest BCUT2D eigenvalue weighted by molar-refractivity contribution is -0.116. The molecule has 0 fully saturated rings. The van der Waals surface area contributed by atoms with Crippen LogP contribution in [0, 0.1) is 0 Å². The Morgan fingerprint density at radius 2 is 2.15 bits per heavy atom. The fourth-order valence-corrected chi connectivity index (χ4v) is 2.36. The number of aromatic nitrogens is 1. The highest BCUT2D eigenvalue weighted by molar-refractivity contribution is 5.93. The summed E-state index contributed by atoms with van der Waals surface area (Å²) in [5, 5.41) is 7.17. The van der Waals surface area contributed by atoms with Crippen molar-refractivity contribution in [3.8, 4) is 0 Å². The average Bonchev–Trinajstić information content (AvgIpc) is 2.82. The zero-order valence-corrected chi connectivity index (χ0v) is 12.3. The van der Waals surface area contributed by atoms with Crippen molar-refractivity contribution in [3.05, 3.63) is 30.5 Å². The van der Waals surface area contributed by atoms with E-state index in [1.807, 2.05) is 19.2 Å². The highest BCUT2D eigenvalue weighted by Gasteiger charge is 2.05. The fraction of sp³-hybridized carbons (Fsp3) is 0.438.